The predicted octanol–water partition coefficient (Wildman–Crippen LogP) is 4.48. The van der Waals surface area contributed by atoms with E-state index in [0.29, 0.717) is 17.9 Å². The topological polar surface area (TPSA) is 84.9 Å². The number of nitrogens with one attached hydrogen (secondary N) is 1. The SMILES string of the molecule is CCC(NC(=O)CN(c1ccccc1)S(=O)(=O)c1ccc(OC)cc1)c1ccc(OC)c(C)c1. The number of para-hydroxylation sites is 1. The lowest BCUT2D eigenvalue weighted by Crippen LogP contribution is -2.42. The van der Waals surface area contributed by atoms with Gasteiger partial charge in [-0.1, -0.05) is 37.3 Å². The van der Waals surface area contributed by atoms with Gasteiger partial charge in [0.05, 0.1) is 30.8 Å². The number of methoxy groups -OCH3 is 2. The number of carbonyl (C=O) groups excluding carboxylic acids is 1. The van der Waals surface area contributed by atoms with Gasteiger partial charge in [0.1, 0.15) is 18.0 Å². The molecule has 0 radical (unpaired) electrons. The third kappa shape index (κ3) is 5.69. The normalized spacial score (nSPS) is 12.0. The van der Waals surface area contributed by atoms with Crippen LogP contribution in [0.2, 0.25) is 0 Å². The molecule has 3 rings (SSSR count). The summed E-state index contributed by atoms with van der Waals surface area (Å²) in [7, 11) is -0.871. The van der Waals surface area contributed by atoms with Crippen LogP contribution in [-0.4, -0.2) is 35.1 Å². The molecule has 0 saturated heterocycles. The van der Waals surface area contributed by atoms with Crippen LogP contribution in [0.25, 0.3) is 0 Å². The largest absolute Gasteiger partial charge is 0.497 e. The summed E-state index contributed by atoms with van der Waals surface area (Å²) < 4.78 is 38.6. The molecule has 3 aromatic carbocycles. The number of benzene rings is 3. The summed E-state index contributed by atoms with van der Waals surface area (Å²) >= 11 is 0. The fourth-order valence-corrected chi connectivity index (χ4v) is 5.12. The van der Waals surface area contributed by atoms with E-state index in [-0.39, 0.29) is 17.5 Å². The Bertz CT molecular complexity index is 1210. The maximum absolute atomic E-state index is 13.5. The molecule has 34 heavy (non-hydrogen) atoms. The number of aryl methyl sites for hydroxylation is 1. The minimum Gasteiger partial charge on any atom is -0.497 e. The van der Waals surface area contributed by atoms with Gasteiger partial charge in [0.25, 0.3) is 10.0 Å². The maximum atomic E-state index is 13.5. The van der Waals surface area contributed by atoms with Crippen LogP contribution in [0.3, 0.4) is 0 Å². The van der Waals surface area contributed by atoms with Crippen LogP contribution in [0.1, 0.15) is 30.5 Å². The number of rotatable bonds is 10. The molecule has 7 nitrogen and oxygen atoms in total. The molecule has 0 aliphatic carbocycles. The second-order valence-electron chi connectivity index (χ2n) is 7.78. The molecule has 0 spiro atoms. The van der Waals surface area contributed by atoms with Crippen LogP contribution in [0.5, 0.6) is 11.5 Å². The van der Waals surface area contributed by atoms with Crippen molar-refractivity contribution in [1.29, 1.82) is 0 Å². The first-order valence-electron chi connectivity index (χ1n) is 11.0. The minimum atomic E-state index is -4.00. The molecule has 1 atom stereocenters. The number of amides is 1. The molecule has 0 aromatic heterocycles. The second kappa shape index (κ2) is 11.1. The first-order valence-corrected chi connectivity index (χ1v) is 12.4. The van der Waals surface area contributed by atoms with E-state index in [1.165, 1.54) is 19.2 Å². The maximum Gasteiger partial charge on any atom is 0.264 e. The van der Waals surface area contributed by atoms with E-state index in [9.17, 15) is 13.2 Å². The van der Waals surface area contributed by atoms with Crippen molar-refractivity contribution in [3.05, 3.63) is 83.9 Å². The van der Waals surface area contributed by atoms with Crippen LogP contribution in [-0.2, 0) is 14.8 Å². The van der Waals surface area contributed by atoms with Crippen molar-refractivity contribution in [3.8, 4) is 11.5 Å². The molecule has 180 valence electrons. The van der Waals surface area contributed by atoms with Crippen LogP contribution in [0.15, 0.2) is 77.7 Å². The molecule has 1 N–H and O–H groups in total. The van der Waals surface area contributed by atoms with Gasteiger partial charge < -0.3 is 14.8 Å². The average Bonchev–Trinajstić information content (AvgIpc) is 2.86. The summed E-state index contributed by atoms with van der Waals surface area (Å²) in [5, 5.41) is 2.98. The first kappa shape index (κ1) is 25.1. The molecule has 1 amide bonds. The van der Waals surface area contributed by atoms with Crippen LogP contribution in [0.4, 0.5) is 5.69 Å². The number of sulfonamides is 1. The Hall–Kier alpha value is -3.52. The fourth-order valence-electron chi connectivity index (χ4n) is 3.69. The van der Waals surface area contributed by atoms with Crippen molar-refractivity contribution in [3.63, 3.8) is 0 Å². The van der Waals surface area contributed by atoms with Crippen molar-refractivity contribution in [2.75, 3.05) is 25.1 Å². The Morgan fingerprint density at radius 1 is 0.971 bits per heavy atom. The fraction of sp³-hybridized carbons (Fsp3) is 0.269. The van der Waals surface area contributed by atoms with Crippen molar-refractivity contribution in [2.45, 2.75) is 31.2 Å². The summed E-state index contributed by atoms with van der Waals surface area (Å²) in [6, 6.07) is 20.2. The molecule has 3 aromatic rings. The highest BCUT2D eigenvalue weighted by atomic mass is 32.2. The molecule has 8 heteroatoms. The van der Waals surface area contributed by atoms with E-state index >= 15 is 0 Å². The van der Waals surface area contributed by atoms with Crippen molar-refractivity contribution < 1.29 is 22.7 Å². The van der Waals surface area contributed by atoms with E-state index < -0.39 is 15.9 Å². The summed E-state index contributed by atoms with van der Waals surface area (Å²) in [6.45, 7) is 3.55. The summed E-state index contributed by atoms with van der Waals surface area (Å²) in [5.41, 5.74) is 2.29. The van der Waals surface area contributed by atoms with Crippen molar-refractivity contribution >= 4 is 21.6 Å². The zero-order valence-corrected chi connectivity index (χ0v) is 20.6. The molecule has 0 saturated carbocycles. The Morgan fingerprint density at radius 3 is 2.21 bits per heavy atom. The molecule has 0 fully saturated rings. The average molecular weight is 483 g/mol. The molecule has 0 bridgehead atoms. The molecular weight excluding hydrogens is 452 g/mol. The van der Waals surface area contributed by atoms with E-state index in [0.717, 1.165) is 21.2 Å². The zero-order chi connectivity index (χ0) is 24.7. The number of nitrogens with zero attached hydrogens (tertiary/aromatic N) is 1. The summed E-state index contributed by atoms with van der Waals surface area (Å²) in [5.74, 6) is 0.913. The standard InChI is InChI=1S/C26H30N2O5S/c1-5-24(20-11-16-25(33-4)19(2)17-20)27-26(29)18-28(21-9-7-6-8-10-21)34(30,31)23-14-12-22(32-3)13-15-23/h6-17,24H,5,18H2,1-4H3,(H,27,29). The molecule has 1 unspecified atom stereocenters. The van der Waals surface area contributed by atoms with Gasteiger partial charge in [-0.2, -0.15) is 0 Å². The summed E-state index contributed by atoms with van der Waals surface area (Å²) in [4.78, 5) is 13.2. The van der Waals surface area contributed by atoms with E-state index in [4.69, 9.17) is 9.47 Å². The van der Waals surface area contributed by atoms with Gasteiger partial charge in [-0.05, 0) is 66.9 Å². The third-order valence-corrected chi connectivity index (χ3v) is 7.33. The Labute approximate surface area is 201 Å². The number of anilines is 1. The highest BCUT2D eigenvalue weighted by Gasteiger charge is 2.28. The lowest BCUT2D eigenvalue weighted by Gasteiger charge is -2.26. The number of hydrogen-bond acceptors (Lipinski definition) is 5. The number of hydrogen-bond donors (Lipinski definition) is 1. The van der Waals surface area contributed by atoms with Crippen LogP contribution >= 0.6 is 0 Å². The Kier molecular flexibility index (Phi) is 8.17. The van der Waals surface area contributed by atoms with Crippen molar-refractivity contribution in [1.82, 2.24) is 5.32 Å². The van der Waals surface area contributed by atoms with Gasteiger partial charge in [-0.15, -0.1) is 0 Å². The highest BCUT2D eigenvalue weighted by Crippen LogP contribution is 2.26. The van der Waals surface area contributed by atoms with Gasteiger partial charge >= 0.3 is 0 Å². The van der Waals surface area contributed by atoms with E-state index in [1.54, 1.807) is 49.6 Å². The van der Waals surface area contributed by atoms with Gasteiger partial charge in [0, 0.05) is 0 Å². The predicted molar refractivity (Wildman–Crippen MR) is 133 cm³/mol. The zero-order valence-electron chi connectivity index (χ0n) is 19.8. The Balaban J connectivity index is 1.87. The molecule has 0 aliphatic heterocycles. The van der Waals surface area contributed by atoms with Gasteiger partial charge in [0.15, 0.2) is 0 Å². The minimum absolute atomic E-state index is 0.0720. The second-order valence-corrected chi connectivity index (χ2v) is 9.64. The van der Waals surface area contributed by atoms with E-state index in [1.807, 2.05) is 32.0 Å². The van der Waals surface area contributed by atoms with Crippen LogP contribution in [0, 0.1) is 6.92 Å². The lowest BCUT2D eigenvalue weighted by atomic mass is 10.0. The smallest absolute Gasteiger partial charge is 0.264 e. The van der Waals surface area contributed by atoms with Gasteiger partial charge in [-0.3, -0.25) is 9.10 Å². The first-order chi connectivity index (χ1) is 16.3. The number of ether oxygens (including phenoxy) is 2. The quantitative estimate of drug-likeness (QED) is 0.461. The van der Waals surface area contributed by atoms with Crippen molar-refractivity contribution in [2.24, 2.45) is 0 Å². The molecule has 0 heterocycles. The van der Waals surface area contributed by atoms with E-state index in [2.05, 4.69) is 5.32 Å². The molecule has 0 aliphatic rings. The van der Waals surface area contributed by atoms with Crippen LogP contribution < -0.4 is 19.1 Å². The third-order valence-electron chi connectivity index (χ3n) is 5.54. The monoisotopic (exact) mass is 482 g/mol. The van der Waals surface area contributed by atoms with Gasteiger partial charge in [-0.25, -0.2) is 8.42 Å². The molecular formula is C26H30N2O5S. The lowest BCUT2D eigenvalue weighted by molar-refractivity contribution is -0.120. The highest BCUT2D eigenvalue weighted by molar-refractivity contribution is 7.92. The Morgan fingerprint density at radius 2 is 1.65 bits per heavy atom. The number of carbonyl (C=O) groups is 1. The summed E-state index contributed by atoms with van der Waals surface area (Å²) in [6.07, 6.45) is 0.647. The van der Waals surface area contributed by atoms with Gasteiger partial charge in [0.2, 0.25) is 5.91 Å².